The molecule has 2 N–H and O–H groups in total. The number of hydrogen-bond acceptors (Lipinski definition) is 3. The summed E-state index contributed by atoms with van der Waals surface area (Å²) in [6.07, 6.45) is 3.34. The van der Waals surface area contributed by atoms with Crippen molar-refractivity contribution in [2.24, 2.45) is 5.92 Å². The zero-order valence-electron chi connectivity index (χ0n) is 13.0. The molecule has 0 aromatic heterocycles. The van der Waals surface area contributed by atoms with Gasteiger partial charge >= 0.3 is 0 Å². The number of piperidine rings is 1. The molecule has 1 amide bonds. The average Bonchev–Trinajstić information content (AvgIpc) is 2.49. The van der Waals surface area contributed by atoms with Crippen LogP contribution in [0.2, 0.25) is 0 Å². The summed E-state index contributed by atoms with van der Waals surface area (Å²) < 4.78 is 0. The van der Waals surface area contributed by atoms with E-state index in [1.54, 1.807) is 19.1 Å². The first-order chi connectivity index (χ1) is 10.1. The van der Waals surface area contributed by atoms with Crippen LogP contribution in [0.15, 0.2) is 24.3 Å². The fourth-order valence-corrected chi connectivity index (χ4v) is 3.16. The lowest BCUT2D eigenvalue weighted by molar-refractivity contribution is -0.119. The van der Waals surface area contributed by atoms with Gasteiger partial charge in [-0.2, -0.15) is 0 Å². The third-order valence-electron chi connectivity index (χ3n) is 4.39. The SMILES string of the molecule is CCC(c1ccc(O)cc1)N1CCC(CNC(C)=O)CC1. The molecule has 0 aliphatic carbocycles. The molecule has 1 aromatic carbocycles. The molecule has 0 radical (unpaired) electrons. The lowest BCUT2D eigenvalue weighted by Gasteiger charge is -2.37. The Kier molecular flexibility index (Phi) is 5.62. The van der Waals surface area contributed by atoms with Crippen LogP contribution in [-0.2, 0) is 4.79 Å². The van der Waals surface area contributed by atoms with E-state index in [1.165, 1.54) is 5.56 Å². The molecule has 1 heterocycles. The van der Waals surface area contributed by atoms with Gasteiger partial charge in [0.1, 0.15) is 5.75 Å². The fourth-order valence-electron chi connectivity index (χ4n) is 3.16. The summed E-state index contributed by atoms with van der Waals surface area (Å²) in [7, 11) is 0. The summed E-state index contributed by atoms with van der Waals surface area (Å²) in [5.74, 6) is 0.984. The van der Waals surface area contributed by atoms with E-state index in [1.807, 2.05) is 12.1 Å². The van der Waals surface area contributed by atoms with E-state index >= 15 is 0 Å². The van der Waals surface area contributed by atoms with E-state index < -0.39 is 0 Å². The molecule has 1 aliphatic heterocycles. The maximum Gasteiger partial charge on any atom is 0.216 e. The molecule has 116 valence electrons. The van der Waals surface area contributed by atoms with E-state index in [-0.39, 0.29) is 5.91 Å². The molecule has 21 heavy (non-hydrogen) atoms. The molecule has 0 bridgehead atoms. The highest BCUT2D eigenvalue weighted by molar-refractivity contribution is 5.72. The lowest BCUT2D eigenvalue weighted by atomic mass is 9.93. The maximum atomic E-state index is 11.0. The predicted octanol–water partition coefficient (Wildman–Crippen LogP) is 2.69. The highest BCUT2D eigenvalue weighted by Gasteiger charge is 2.25. The number of nitrogens with zero attached hydrogens (tertiary/aromatic N) is 1. The highest BCUT2D eigenvalue weighted by atomic mass is 16.3. The van der Waals surface area contributed by atoms with Crippen molar-refractivity contribution in [3.63, 3.8) is 0 Å². The zero-order chi connectivity index (χ0) is 15.2. The van der Waals surface area contributed by atoms with Gasteiger partial charge in [-0.3, -0.25) is 9.69 Å². The predicted molar refractivity (Wildman–Crippen MR) is 84.1 cm³/mol. The number of hydrogen-bond donors (Lipinski definition) is 2. The average molecular weight is 290 g/mol. The number of rotatable bonds is 5. The molecule has 0 spiro atoms. The molecular formula is C17H26N2O2. The minimum Gasteiger partial charge on any atom is -0.508 e. The van der Waals surface area contributed by atoms with E-state index in [0.717, 1.165) is 38.9 Å². The summed E-state index contributed by atoms with van der Waals surface area (Å²) in [5.41, 5.74) is 1.27. The second-order valence-electron chi connectivity index (χ2n) is 5.93. The molecule has 2 rings (SSSR count). The normalized spacial score (nSPS) is 18.4. The van der Waals surface area contributed by atoms with E-state index in [2.05, 4.69) is 17.1 Å². The summed E-state index contributed by atoms with van der Waals surface area (Å²) in [5, 5.41) is 12.3. The Morgan fingerprint density at radius 2 is 1.95 bits per heavy atom. The van der Waals surface area contributed by atoms with Crippen molar-refractivity contribution in [2.75, 3.05) is 19.6 Å². The van der Waals surface area contributed by atoms with Crippen LogP contribution in [0.3, 0.4) is 0 Å². The largest absolute Gasteiger partial charge is 0.508 e. The molecule has 1 fully saturated rings. The van der Waals surface area contributed by atoms with Crippen LogP contribution in [0.5, 0.6) is 5.75 Å². The number of phenolic OH excluding ortho intramolecular Hbond substituents is 1. The molecule has 1 unspecified atom stereocenters. The Bertz CT molecular complexity index is 450. The Morgan fingerprint density at radius 1 is 1.33 bits per heavy atom. The molecule has 1 saturated heterocycles. The lowest BCUT2D eigenvalue weighted by Crippen LogP contribution is -2.39. The number of nitrogens with one attached hydrogen (secondary N) is 1. The first-order valence-electron chi connectivity index (χ1n) is 7.87. The number of carbonyl (C=O) groups is 1. The van der Waals surface area contributed by atoms with Gasteiger partial charge < -0.3 is 10.4 Å². The van der Waals surface area contributed by atoms with Gasteiger partial charge in [0.25, 0.3) is 0 Å². The number of likely N-dealkylation sites (tertiary alicyclic amines) is 1. The maximum absolute atomic E-state index is 11.0. The van der Waals surface area contributed by atoms with Crippen molar-refractivity contribution in [2.45, 2.75) is 39.2 Å². The highest BCUT2D eigenvalue weighted by Crippen LogP contribution is 2.29. The van der Waals surface area contributed by atoms with E-state index in [4.69, 9.17) is 0 Å². The van der Waals surface area contributed by atoms with Gasteiger partial charge in [0.05, 0.1) is 0 Å². The number of amides is 1. The van der Waals surface area contributed by atoms with Crippen LogP contribution in [0.1, 0.15) is 44.7 Å². The van der Waals surface area contributed by atoms with Crippen LogP contribution >= 0.6 is 0 Å². The minimum atomic E-state index is 0.0629. The minimum absolute atomic E-state index is 0.0629. The smallest absolute Gasteiger partial charge is 0.216 e. The Hall–Kier alpha value is -1.55. The Morgan fingerprint density at radius 3 is 2.48 bits per heavy atom. The number of phenols is 1. The van der Waals surface area contributed by atoms with Crippen LogP contribution in [-0.4, -0.2) is 35.5 Å². The van der Waals surface area contributed by atoms with Gasteiger partial charge in [0.15, 0.2) is 0 Å². The number of benzene rings is 1. The van der Waals surface area contributed by atoms with Crippen LogP contribution in [0, 0.1) is 5.92 Å². The van der Waals surface area contributed by atoms with Crippen LogP contribution in [0.4, 0.5) is 0 Å². The van der Waals surface area contributed by atoms with Crippen molar-refractivity contribution >= 4 is 5.91 Å². The molecule has 1 aromatic rings. The quantitative estimate of drug-likeness (QED) is 0.876. The molecule has 0 saturated carbocycles. The molecule has 4 nitrogen and oxygen atoms in total. The monoisotopic (exact) mass is 290 g/mol. The Labute approximate surface area is 127 Å². The second kappa shape index (κ2) is 7.46. The fraction of sp³-hybridized carbons (Fsp3) is 0.588. The zero-order valence-corrected chi connectivity index (χ0v) is 13.0. The summed E-state index contributed by atoms with van der Waals surface area (Å²) in [6.45, 7) is 6.74. The van der Waals surface area contributed by atoms with Gasteiger partial charge in [0.2, 0.25) is 5.91 Å². The van der Waals surface area contributed by atoms with Crippen molar-refractivity contribution < 1.29 is 9.90 Å². The molecule has 4 heteroatoms. The van der Waals surface area contributed by atoms with Gasteiger partial charge in [-0.1, -0.05) is 19.1 Å². The van der Waals surface area contributed by atoms with Crippen molar-refractivity contribution in [1.82, 2.24) is 10.2 Å². The van der Waals surface area contributed by atoms with Gasteiger partial charge in [-0.05, 0) is 56.0 Å². The van der Waals surface area contributed by atoms with E-state index in [0.29, 0.717) is 17.7 Å². The van der Waals surface area contributed by atoms with Crippen LogP contribution < -0.4 is 5.32 Å². The Balaban J connectivity index is 1.90. The molecule has 1 aliphatic rings. The first-order valence-corrected chi connectivity index (χ1v) is 7.87. The summed E-state index contributed by atoms with van der Waals surface area (Å²) >= 11 is 0. The van der Waals surface area contributed by atoms with Crippen LogP contribution in [0.25, 0.3) is 0 Å². The summed E-state index contributed by atoms with van der Waals surface area (Å²) in [4.78, 5) is 13.5. The van der Waals surface area contributed by atoms with Crippen molar-refractivity contribution in [1.29, 1.82) is 0 Å². The standard InChI is InChI=1S/C17H26N2O2/c1-3-17(15-4-6-16(21)7-5-15)19-10-8-14(9-11-19)12-18-13(2)20/h4-7,14,17,21H,3,8-12H2,1-2H3,(H,18,20). The van der Waals surface area contributed by atoms with Gasteiger partial charge in [-0.25, -0.2) is 0 Å². The third kappa shape index (κ3) is 4.46. The van der Waals surface area contributed by atoms with Crippen molar-refractivity contribution in [3.8, 4) is 5.75 Å². The number of carbonyl (C=O) groups excluding carboxylic acids is 1. The van der Waals surface area contributed by atoms with E-state index in [9.17, 15) is 9.90 Å². The van der Waals surface area contributed by atoms with Crippen molar-refractivity contribution in [3.05, 3.63) is 29.8 Å². The molecular weight excluding hydrogens is 264 g/mol. The second-order valence-corrected chi connectivity index (χ2v) is 5.93. The topological polar surface area (TPSA) is 52.6 Å². The van der Waals surface area contributed by atoms with Gasteiger partial charge in [-0.15, -0.1) is 0 Å². The van der Waals surface area contributed by atoms with Gasteiger partial charge in [0, 0.05) is 19.5 Å². The first kappa shape index (κ1) is 15.8. The third-order valence-corrected chi connectivity index (χ3v) is 4.39. The number of aromatic hydroxyl groups is 1. The molecule has 1 atom stereocenters. The summed E-state index contributed by atoms with van der Waals surface area (Å²) in [6, 6.07) is 8.00.